The van der Waals surface area contributed by atoms with Crippen LogP contribution in [0, 0.1) is 0 Å². The zero-order chi connectivity index (χ0) is 16.3. The van der Waals surface area contributed by atoms with Crippen LogP contribution >= 0.6 is 0 Å². The highest BCUT2D eigenvalue weighted by Gasteiger charge is 2.24. The molecule has 0 fully saturated rings. The molecular formula is C21H34N2. The summed E-state index contributed by atoms with van der Waals surface area (Å²) in [4.78, 5) is 5.07. The SMILES string of the molecule is CCCCCCCCN1C=CN(Cc2ccccc2)C1CCC. The van der Waals surface area contributed by atoms with E-state index >= 15 is 0 Å². The van der Waals surface area contributed by atoms with Crippen molar-refractivity contribution in [3.05, 3.63) is 48.3 Å². The third kappa shape index (κ3) is 5.93. The van der Waals surface area contributed by atoms with Gasteiger partial charge in [-0.3, -0.25) is 0 Å². The first kappa shape index (κ1) is 17.9. The van der Waals surface area contributed by atoms with Gasteiger partial charge >= 0.3 is 0 Å². The zero-order valence-corrected chi connectivity index (χ0v) is 15.1. The van der Waals surface area contributed by atoms with Crippen LogP contribution in [0.1, 0.15) is 70.8 Å². The van der Waals surface area contributed by atoms with E-state index in [2.05, 4.69) is 66.4 Å². The standard InChI is InChI=1S/C21H34N2/c1-3-5-6-7-8-12-16-22-17-18-23(21(22)13-4-2)19-20-14-10-9-11-15-20/h9-11,14-15,17-18,21H,3-8,12-13,16,19H2,1-2H3. The Morgan fingerprint density at radius 2 is 1.48 bits per heavy atom. The van der Waals surface area contributed by atoms with Crippen LogP contribution in [0.15, 0.2) is 42.7 Å². The summed E-state index contributed by atoms with van der Waals surface area (Å²) in [7, 11) is 0. The molecule has 1 aliphatic rings. The van der Waals surface area contributed by atoms with E-state index in [0.717, 1.165) is 6.54 Å². The largest absolute Gasteiger partial charge is 0.356 e. The summed E-state index contributed by atoms with van der Waals surface area (Å²) in [6, 6.07) is 10.8. The fourth-order valence-electron chi connectivity index (χ4n) is 3.40. The molecule has 1 aromatic rings. The Morgan fingerprint density at radius 1 is 0.783 bits per heavy atom. The van der Waals surface area contributed by atoms with Gasteiger partial charge in [0.2, 0.25) is 0 Å². The molecule has 23 heavy (non-hydrogen) atoms. The van der Waals surface area contributed by atoms with Gasteiger partial charge in [-0.1, -0.05) is 82.7 Å². The van der Waals surface area contributed by atoms with Crippen molar-refractivity contribution in [1.82, 2.24) is 9.80 Å². The summed E-state index contributed by atoms with van der Waals surface area (Å²) < 4.78 is 0. The maximum Gasteiger partial charge on any atom is 0.101 e. The van der Waals surface area contributed by atoms with E-state index in [0.29, 0.717) is 6.17 Å². The Morgan fingerprint density at radius 3 is 2.22 bits per heavy atom. The minimum absolute atomic E-state index is 0.552. The summed E-state index contributed by atoms with van der Waals surface area (Å²) in [5, 5.41) is 0. The summed E-state index contributed by atoms with van der Waals surface area (Å²) in [6.07, 6.45) is 15.9. The highest BCUT2D eigenvalue weighted by Crippen LogP contribution is 2.23. The number of hydrogen-bond donors (Lipinski definition) is 0. The zero-order valence-electron chi connectivity index (χ0n) is 15.1. The lowest BCUT2D eigenvalue weighted by Gasteiger charge is -2.33. The van der Waals surface area contributed by atoms with Crippen LogP contribution in [0.2, 0.25) is 0 Å². The first-order valence-corrected chi connectivity index (χ1v) is 9.59. The van der Waals surface area contributed by atoms with Crippen LogP contribution in [-0.2, 0) is 6.54 Å². The second-order valence-electron chi connectivity index (χ2n) is 6.73. The number of unbranched alkanes of at least 4 members (excludes halogenated alkanes) is 5. The average Bonchev–Trinajstić information content (AvgIpc) is 2.94. The van der Waals surface area contributed by atoms with Crippen molar-refractivity contribution in [3.63, 3.8) is 0 Å². The van der Waals surface area contributed by atoms with Crippen molar-refractivity contribution in [2.75, 3.05) is 6.54 Å². The first-order valence-electron chi connectivity index (χ1n) is 9.59. The molecular weight excluding hydrogens is 280 g/mol. The number of hydrogen-bond acceptors (Lipinski definition) is 2. The van der Waals surface area contributed by atoms with Gasteiger partial charge in [-0.05, 0) is 18.4 Å². The molecule has 0 aliphatic carbocycles. The molecule has 1 unspecified atom stereocenters. The van der Waals surface area contributed by atoms with Gasteiger partial charge in [0.1, 0.15) is 6.17 Å². The van der Waals surface area contributed by atoms with Crippen LogP contribution in [-0.4, -0.2) is 22.5 Å². The highest BCUT2D eigenvalue weighted by atomic mass is 15.4. The van der Waals surface area contributed by atoms with Crippen molar-refractivity contribution in [2.24, 2.45) is 0 Å². The fraction of sp³-hybridized carbons (Fsp3) is 0.619. The molecule has 128 valence electrons. The minimum atomic E-state index is 0.552. The predicted molar refractivity (Wildman–Crippen MR) is 99.9 cm³/mol. The lowest BCUT2D eigenvalue weighted by molar-refractivity contribution is 0.134. The summed E-state index contributed by atoms with van der Waals surface area (Å²) in [6.45, 7) is 6.81. The topological polar surface area (TPSA) is 6.48 Å². The molecule has 0 radical (unpaired) electrons. The van der Waals surface area contributed by atoms with Crippen molar-refractivity contribution in [2.45, 2.75) is 77.9 Å². The predicted octanol–water partition coefficient (Wildman–Crippen LogP) is 5.76. The highest BCUT2D eigenvalue weighted by molar-refractivity contribution is 5.15. The monoisotopic (exact) mass is 314 g/mol. The van der Waals surface area contributed by atoms with Gasteiger partial charge in [0.05, 0.1) is 0 Å². The van der Waals surface area contributed by atoms with E-state index in [1.165, 1.54) is 63.5 Å². The van der Waals surface area contributed by atoms with Crippen LogP contribution in [0.3, 0.4) is 0 Å². The van der Waals surface area contributed by atoms with E-state index in [1.807, 2.05) is 0 Å². The third-order valence-corrected chi connectivity index (χ3v) is 4.74. The van der Waals surface area contributed by atoms with Gasteiger partial charge in [0.15, 0.2) is 0 Å². The molecule has 1 aliphatic heterocycles. The van der Waals surface area contributed by atoms with Gasteiger partial charge < -0.3 is 9.80 Å². The number of rotatable bonds is 11. The maximum absolute atomic E-state index is 2.56. The molecule has 2 nitrogen and oxygen atoms in total. The smallest absolute Gasteiger partial charge is 0.101 e. The first-order chi connectivity index (χ1) is 11.3. The Kier molecular flexibility index (Phi) is 8.06. The molecule has 2 rings (SSSR count). The van der Waals surface area contributed by atoms with Crippen LogP contribution in [0.25, 0.3) is 0 Å². The minimum Gasteiger partial charge on any atom is -0.356 e. The lowest BCUT2D eigenvalue weighted by Crippen LogP contribution is -2.38. The fourth-order valence-corrected chi connectivity index (χ4v) is 3.40. The molecule has 1 aromatic carbocycles. The molecule has 0 spiro atoms. The molecule has 1 atom stereocenters. The second-order valence-corrected chi connectivity index (χ2v) is 6.73. The van der Waals surface area contributed by atoms with Crippen molar-refractivity contribution in [3.8, 4) is 0 Å². The normalized spacial score (nSPS) is 17.2. The van der Waals surface area contributed by atoms with Crippen LogP contribution in [0.4, 0.5) is 0 Å². The van der Waals surface area contributed by atoms with Gasteiger partial charge in [0, 0.05) is 25.5 Å². The van der Waals surface area contributed by atoms with E-state index < -0.39 is 0 Å². The Bertz CT molecular complexity index is 440. The summed E-state index contributed by atoms with van der Waals surface area (Å²) >= 11 is 0. The Hall–Kier alpha value is -1.44. The van der Waals surface area contributed by atoms with Crippen molar-refractivity contribution >= 4 is 0 Å². The van der Waals surface area contributed by atoms with Crippen LogP contribution < -0.4 is 0 Å². The number of nitrogens with zero attached hydrogens (tertiary/aromatic N) is 2. The van der Waals surface area contributed by atoms with E-state index in [9.17, 15) is 0 Å². The van der Waals surface area contributed by atoms with Gasteiger partial charge in [-0.15, -0.1) is 0 Å². The molecule has 0 N–H and O–H groups in total. The molecule has 0 bridgehead atoms. The van der Waals surface area contributed by atoms with Gasteiger partial charge in [-0.2, -0.15) is 0 Å². The summed E-state index contributed by atoms with van der Waals surface area (Å²) in [5.41, 5.74) is 1.40. The van der Waals surface area contributed by atoms with Gasteiger partial charge in [0.25, 0.3) is 0 Å². The second kappa shape index (κ2) is 10.4. The molecule has 0 saturated carbocycles. The lowest BCUT2D eigenvalue weighted by atomic mass is 10.1. The Balaban J connectivity index is 1.78. The molecule has 1 heterocycles. The quantitative estimate of drug-likeness (QED) is 0.479. The molecule has 0 saturated heterocycles. The van der Waals surface area contributed by atoms with Crippen molar-refractivity contribution in [1.29, 1.82) is 0 Å². The Labute approximate surface area is 143 Å². The summed E-state index contributed by atoms with van der Waals surface area (Å²) in [5.74, 6) is 0. The molecule has 2 heteroatoms. The van der Waals surface area contributed by atoms with Crippen LogP contribution in [0.5, 0.6) is 0 Å². The van der Waals surface area contributed by atoms with E-state index in [1.54, 1.807) is 0 Å². The molecule has 0 aromatic heterocycles. The van der Waals surface area contributed by atoms with E-state index in [-0.39, 0.29) is 0 Å². The van der Waals surface area contributed by atoms with E-state index in [4.69, 9.17) is 0 Å². The van der Waals surface area contributed by atoms with Crippen molar-refractivity contribution < 1.29 is 0 Å². The third-order valence-electron chi connectivity index (χ3n) is 4.74. The van der Waals surface area contributed by atoms with Gasteiger partial charge in [-0.25, -0.2) is 0 Å². The average molecular weight is 315 g/mol. The maximum atomic E-state index is 2.56. The molecule has 0 amide bonds. The number of benzene rings is 1.